The first-order valence-electron chi connectivity index (χ1n) is 9.35. The SMILES string of the molecule is O=C(Nc1ccc2c(c1)OCCO2)C1CCCN(Cc2cccc(Cl)c2)C1. The Labute approximate surface area is 164 Å². The van der Waals surface area contributed by atoms with Crippen LogP contribution >= 0.6 is 11.6 Å². The van der Waals surface area contributed by atoms with E-state index >= 15 is 0 Å². The van der Waals surface area contributed by atoms with Crippen LogP contribution in [0.3, 0.4) is 0 Å². The zero-order valence-electron chi connectivity index (χ0n) is 15.1. The Morgan fingerprint density at radius 2 is 2.00 bits per heavy atom. The normalized spacial score (nSPS) is 19.5. The van der Waals surface area contributed by atoms with Crippen molar-refractivity contribution in [2.75, 3.05) is 31.6 Å². The topological polar surface area (TPSA) is 50.8 Å². The number of carbonyl (C=O) groups excluding carboxylic acids is 1. The van der Waals surface area contributed by atoms with Crippen LogP contribution in [-0.2, 0) is 11.3 Å². The molecule has 0 aliphatic carbocycles. The standard InChI is InChI=1S/C21H23ClN2O3/c22-17-5-1-3-15(11-17)13-24-8-2-4-16(14-24)21(25)23-18-6-7-19-20(12-18)27-10-9-26-19/h1,3,5-7,11-12,16H,2,4,8-10,13-14H2,(H,23,25). The Morgan fingerprint density at radius 1 is 1.15 bits per heavy atom. The third kappa shape index (κ3) is 4.54. The van der Waals surface area contributed by atoms with Gasteiger partial charge in [0.1, 0.15) is 13.2 Å². The summed E-state index contributed by atoms with van der Waals surface area (Å²) in [7, 11) is 0. The molecule has 1 atom stereocenters. The van der Waals surface area contributed by atoms with E-state index in [1.807, 2.05) is 36.4 Å². The van der Waals surface area contributed by atoms with Crippen molar-refractivity contribution in [1.82, 2.24) is 4.90 Å². The second-order valence-corrected chi connectivity index (χ2v) is 7.49. The molecule has 0 aromatic heterocycles. The van der Waals surface area contributed by atoms with Crippen molar-refractivity contribution in [3.63, 3.8) is 0 Å². The fraction of sp³-hybridized carbons (Fsp3) is 0.381. The number of likely N-dealkylation sites (tertiary alicyclic amines) is 1. The minimum Gasteiger partial charge on any atom is -0.486 e. The minimum absolute atomic E-state index is 0.0221. The first kappa shape index (κ1) is 18.1. The molecule has 2 aliphatic rings. The number of rotatable bonds is 4. The summed E-state index contributed by atoms with van der Waals surface area (Å²) in [4.78, 5) is 15.1. The summed E-state index contributed by atoms with van der Waals surface area (Å²) in [5.41, 5.74) is 1.92. The zero-order valence-corrected chi connectivity index (χ0v) is 15.9. The van der Waals surface area contributed by atoms with Crippen LogP contribution < -0.4 is 14.8 Å². The fourth-order valence-electron chi connectivity index (χ4n) is 3.67. The molecule has 142 valence electrons. The van der Waals surface area contributed by atoms with E-state index in [9.17, 15) is 4.79 Å². The number of anilines is 1. The number of fused-ring (bicyclic) bond motifs is 1. The molecule has 0 saturated carbocycles. The first-order chi connectivity index (χ1) is 13.2. The molecule has 0 bridgehead atoms. The number of carbonyl (C=O) groups is 1. The Morgan fingerprint density at radius 3 is 2.85 bits per heavy atom. The lowest BCUT2D eigenvalue weighted by Gasteiger charge is -2.32. The maximum Gasteiger partial charge on any atom is 0.228 e. The average molecular weight is 387 g/mol. The molecule has 5 nitrogen and oxygen atoms in total. The summed E-state index contributed by atoms with van der Waals surface area (Å²) in [6, 6.07) is 13.4. The molecular formula is C21H23ClN2O3. The van der Waals surface area contributed by atoms with Gasteiger partial charge in [-0.25, -0.2) is 0 Å². The summed E-state index contributed by atoms with van der Waals surface area (Å²) in [5, 5.41) is 3.78. The predicted molar refractivity (Wildman–Crippen MR) is 106 cm³/mol. The number of piperidine rings is 1. The first-order valence-corrected chi connectivity index (χ1v) is 9.72. The van der Waals surface area contributed by atoms with Crippen LogP contribution in [0.1, 0.15) is 18.4 Å². The van der Waals surface area contributed by atoms with Gasteiger partial charge < -0.3 is 14.8 Å². The lowest BCUT2D eigenvalue weighted by atomic mass is 9.96. The molecule has 2 aliphatic heterocycles. The molecule has 1 N–H and O–H groups in total. The highest BCUT2D eigenvalue weighted by Crippen LogP contribution is 2.33. The van der Waals surface area contributed by atoms with Crippen LogP contribution in [0.25, 0.3) is 0 Å². The van der Waals surface area contributed by atoms with Gasteiger partial charge in [0.05, 0.1) is 5.92 Å². The van der Waals surface area contributed by atoms with Gasteiger partial charge in [-0.15, -0.1) is 0 Å². The van der Waals surface area contributed by atoms with Crippen molar-refractivity contribution < 1.29 is 14.3 Å². The summed E-state index contributed by atoms with van der Waals surface area (Å²) < 4.78 is 11.1. The summed E-state index contributed by atoms with van der Waals surface area (Å²) in [6.07, 6.45) is 1.92. The molecule has 0 radical (unpaired) electrons. The molecule has 0 spiro atoms. The maximum absolute atomic E-state index is 12.8. The van der Waals surface area contributed by atoms with Crippen LogP contribution in [0.5, 0.6) is 11.5 Å². The van der Waals surface area contributed by atoms with Gasteiger partial charge in [0.15, 0.2) is 11.5 Å². The minimum atomic E-state index is -0.0221. The van der Waals surface area contributed by atoms with E-state index in [2.05, 4.69) is 16.3 Å². The number of benzene rings is 2. The van der Waals surface area contributed by atoms with Gasteiger partial charge in [-0.2, -0.15) is 0 Å². The van der Waals surface area contributed by atoms with Crippen molar-refractivity contribution in [3.05, 3.63) is 53.1 Å². The molecule has 1 saturated heterocycles. The third-order valence-electron chi connectivity index (χ3n) is 4.98. The Kier molecular flexibility index (Phi) is 5.50. The molecular weight excluding hydrogens is 364 g/mol. The average Bonchev–Trinajstić information content (AvgIpc) is 2.68. The molecule has 2 heterocycles. The molecule has 27 heavy (non-hydrogen) atoms. The number of halogens is 1. The Balaban J connectivity index is 1.37. The molecule has 4 rings (SSSR count). The van der Waals surface area contributed by atoms with E-state index in [4.69, 9.17) is 21.1 Å². The third-order valence-corrected chi connectivity index (χ3v) is 5.22. The van der Waals surface area contributed by atoms with Gasteiger partial charge in [0.25, 0.3) is 0 Å². The van der Waals surface area contributed by atoms with Gasteiger partial charge in [-0.1, -0.05) is 23.7 Å². The van der Waals surface area contributed by atoms with E-state index in [1.54, 1.807) is 0 Å². The zero-order chi connectivity index (χ0) is 18.6. The number of hydrogen-bond donors (Lipinski definition) is 1. The maximum atomic E-state index is 12.8. The lowest BCUT2D eigenvalue weighted by molar-refractivity contribution is -0.121. The monoisotopic (exact) mass is 386 g/mol. The van der Waals surface area contributed by atoms with Crippen molar-refractivity contribution in [1.29, 1.82) is 0 Å². The van der Waals surface area contributed by atoms with Crippen molar-refractivity contribution in [3.8, 4) is 11.5 Å². The van der Waals surface area contributed by atoms with Gasteiger partial charge in [-0.05, 0) is 49.2 Å². The number of nitrogens with zero attached hydrogens (tertiary/aromatic N) is 1. The van der Waals surface area contributed by atoms with E-state index < -0.39 is 0 Å². The largest absolute Gasteiger partial charge is 0.486 e. The van der Waals surface area contributed by atoms with Crippen molar-refractivity contribution in [2.24, 2.45) is 5.92 Å². The second kappa shape index (κ2) is 8.19. The van der Waals surface area contributed by atoms with E-state index in [0.717, 1.165) is 48.9 Å². The Bertz CT molecular complexity index is 827. The van der Waals surface area contributed by atoms with Gasteiger partial charge in [0.2, 0.25) is 5.91 Å². The van der Waals surface area contributed by atoms with Gasteiger partial charge in [-0.3, -0.25) is 9.69 Å². The smallest absolute Gasteiger partial charge is 0.228 e. The van der Waals surface area contributed by atoms with Gasteiger partial charge in [0, 0.05) is 29.9 Å². The van der Waals surface area contributed by atoms with Gasteiger partial charge >= 0.3 is 0 Å². The fourth-order valence-corrected chi connectivity index (χ4v) is 3.88. The van der Waals surface area contributed by atoms with Crippen molar-refractivity contribution >= 4 is 23.2 Å². The predicted octanol–water partition coefficient (Wildman–Crippen LogP) is 3.96. The van der Waals surface area contributed by atoms with Crippen LogP contribution in [0.15, 0.2) is 42.5 Å². The summed E-state index contributed by atoms with van der Waals surface area (Å²) in [5.74, 6) is 1.45. The van der Waals surface area contributed by atoms with Crippen LogP contribution in [-0.4, -0.2) is 37.1 Å². The highest BCUT2D eigenvalue weighted by Gasteiger charge is 2.26. The molecule has 2 aromatic rings. The lowest BCUT2D eigenvalue weighted by Crippen LogP contribution is -2.40. The molecule has 2 aromatic carbocycles. The highest BCUT2D eigenvalue weighted by molar-refractivity contribution is 6.30. The molecule has 1 unspecified atom stereocenters. The van der Waals surface area contributed by atoms with E-state index in [-0.39, 0.29) is 11.8 Å². The van der Waals surface area contributed by atoms with E-state index in [0.29, 0.717) is 19.0 Å². The van der Waals surface area contributed by atoms with E-state index in [1.165, 1.54) is 5.56 Å². The number of amides is 1. The summed E-state index contributed by atoms with van der Waals surface area (Å²) in [6.45, 7) is 3.66. The number of nitrogens with one attached hydrogen (secondary N) is 1. The number of ether oxygens (including phenoxy) is 2. The van der Waals surface area contributed by atoms with Crippen LogP contribution in [0, 0.1) is 5.92 Å². The Hall–Kier alpha value is -2.24. The molecule has 6 heteroatoms. The van der Waals surface area contributed by atoms with Crippen LogP contribution in [0.4, 0.5) is 5.69 Å². The van der Waals surface area contributed by atoms with Crippen LogP contribution in [0.2, 0.25) is 5.02 Å². The summed E-state index contributed by atoms with van der Waals surface area (Å²) >= 11 is 6.08. The molecule has 1 fully saturated rings. The number of hydrogen-bond acceptors (Lipinski definition) is 4. The molecule has 1 amide bonds. The second-order valence-electron chi connectivity index (χ2n) is 7.05. The highest BCUT2D eigenvalue weighted by atomic mass is 35.5. The van der Waals surface area contributed by atoms with Crippen molar-refractivity contribution in [2.45, 2.75) is 19.4 Å². The quantitative estimate of drug-likeness (QED) is 0.864.